The number of nitrogens with one attached hydrogen (secondary N) is 1. The average molecular weight is 384 g/mol. The van der Waals surface area contributed by atoms with Crippen molar-refractivity contribution in [1.82, 2.24) is 15.0 Å². The largest absolute Gasteiger partial charge is 0.490 e. The third-order valence-electron chi connectivity index (χ3n) is 5.40. The van der Waals surface area contributed by atoms with Gasteiger partial charge in [-0.3, -0.25) is 14.5 Å². The van der Waals surface area contributed by atoms with Crippen LogP contribution in [-0.4, -0.2) is 65.6 Å². The quantitative estimate of drug-likeness (QED) is 0.807. The molecule has 4 rings (SSSR count). The van der Waals surface area contributed by atoms with Gasteiger partial charge in [-0.2, -0.15) is 0 Å². The van der Waals surface area contributed by atoms with E-state index in [0.29, 0.717) is 37.7 Å². The van der Waals surface area contributed by atoms with Crippen molar-refractivity contribution in [2.75, 3.05) is 38.1 Å². The average Bonchev–Trinajstić information content (AvgIpc) is 3.01. The van der Waals surface area contributed by atoms with Crippen molar-refractivity contribution in [3.8, 4) is 16.9 Å². The molecule has 1 N–H and O–H groups in total. The van der Waals surface area contributed by atoms with E-state index in [9.17, 15) is 9.59 Å². The minimum absolute atomic E-state index is 0.0170. The maximum absolute atomic E-state index is 12.6. The smallest absolute Gasteiger partial charge is 0.238 e. The molecule has 2 aliphatic rings. The Morgan fingerprint density at radius 3 is 2.82 bits per heavy atom. The molecule has 28 heavy (non-hydrogen) atoms. The number of rotatable bonds is 1. The number of benzene rings is 1. The van der Waals surface area contributed by atoms with Gasteiger partial charge in [0.1, 0.15) is 18.1 Å². The highest BCUT2D eigenvalue weighted by atomic mass is 16.5. The van der Waals surface area contributed by atoms with Gasteiger partial charge in [0.15, 0.2) is 0 Å². The van der Waals surface area contributed by atoms with Crippen molar-refractivity contribution in [3.05, 3.63) is 29.7 Å². The van der Waals surface area contributed by atoms with E-state index in [2.05, 4.69) is 15.4 Å². The predicted octanol–water partition coefficient (Wildman–Crippen LogP) is 1.82. The molecule has 3 heterocycles. The maximum atomic E-state index is 12.6. The predicted molar refractivity (Wildman–Crippen MR) is 103 cm³/mol. The van der Waals surface area contributed by atoms with Crippen molar-refractivity contribution in [2.45, 2.75) is 26.8 Å². The lowest BCUT2D eigenvalue weighted by atomic mass is 10.0. The molecule has 1 atom stereocenters. The van der Waals surface area contributed by atoms with Gasteiger partial charge in [-0.05, 0) is 31.5 Å². The lowest BCUT2D eigenvalue weighted by Gasteiger charge is -2.40. The van der Waals surface area contributed by atoms with Crippen molar-refractivity contribution in [2.24, 2.45) is 0 Å². The topological polar surface area (TPSA) is 87.9 Å². The van der Waals surface area contributed by atoms with Gasteiger partial charge in [-0.1, -0.05) is 11.2 Å². The summed E-state index contributed by atoms with van der Waals surface area (Å²) in [7, 11) is 0. The SMILES string of the molecule is CC(=O)N1CCN2CC(=O)Nc3cc(-c4c(C)noc4C)ccc3OC[C@H]2C1. The summed E-state index contributed by atoms with van der Waals surface area (Å²) in [6.07, 6.45) is 0. The van der Waals surface area contributed by atoms with E-state index in [4.69, 9.17) is 9.26 Å². The van der Waals surface area contributed by atoms with Crippen molar-refractivity contribution in [3.63, 3.8) is 0 Å². The Bertz CT molecular complexity index is 903. The summed E-state index contributed by atoms with van der Waals surface area (Å²) in [6, 6.07) is 5.68. The van der Waals surface area contributed by atoms with Crippen LogP contribution in [0.15, 0.2) is 22.7 Å². The standard InChI is InChI=1S/C20H24N4O4/c1-12-20(13(2)28-22-12)15-4-5-18-17(8-15)21-19(26)10-24-7-6-23(14(3)25)9-16(24)11-27-18/h4-5,8,16H,6-7,9-11H2,1-3H3,(H,21,26)/t16-/m1/s1. The Kier molecular flexibility index (Phi) is 4.80. The first kappa shape index (κ1) is 18.5. The van der Waals surface area contributed by atoms with Crippen LogP contribution in [0.2, 0.25) is 0 Å². The van der Waals surface area contributed by atoms with Gasteiger partial charge < -0.3 is 19.5 Å². The highest BCUT2D eigenvalue weighted by Gasteiger charge is 2.31. The Morgan fingerprint density at radius 2 is 2.11 bits per heavy atom. The first-order valence-electron chi connectivity index (χ1n) is 9.42. The van der Waals surface area contributed by atoms with Gasteiger partial charge in [-0.15, -0.1) is 0 Å². The van der Waals surface area contributed by atoms with Crippen LogP contribution in [0.3, 0.4) is 0 Å². The molecule has 8 nitrogen and oxygen atoms in total. The summed E-state index contributed by atoms with van der Waals surface area (Å²) in [4.78, 5) is 28.3. The monoisotopic (exact) mass is 384 g/mol. The molecule has 1 aromatic heterocycles. The maximum Gasteiger partial charge on any atom is 0.238 e. The summed E-state index contributed by atoms with van der Waals surface area (Å²) in [5.74, 6) is 1.30. The summed E-state index contributed by atoms with van der Waals surface area (Å²) in [5.41, 5.74) is 3.27. The van der Waals surface area contributed by atoms with E-state index in [0.717, 1.165) is 22.6 Å². The molecule has 1 fully saturated rings. The summed E-state index contributed by atoms with van der Waals surface area (Å²) < 4.78 is 11.3. The fraction of sp³-hybridized carbons (Fsp3) is 0.450. The molecule has 2 aromatic rings. The highest BCUT2D eigenvalue weighted by molar-refractivity contribution is 5.95. The normalized spacial score (nSPS) is 20.2. The molecule has 0 unspecified atom stereocenters. The van der Waals surface area contributed by atoms with E-state index >= 15 is 0 Å². The van der Waals surface area contributed by atoms with Crippen LogP contribution >= 0.6 is 0 Å². The van der Waals surface area contributed by atoms with Crippen LogP contribution in [-0.2, 0) is 9.59 Å². The zero-order valence-electron chi connectivity index (χ0n) is 16.3. The number of fused-ring (bicyclic) bond motifs is 2. The second-order valence-corrected chi connectivity index (χ2v) is 7.36. The van der Waals surface area contributed by atoms with Crippen LogP contribution in [0.25, 0.3) is 11.1 Å². The molecule has 1 aromatic carbocycles. The fourth-order valence-corrected chi connectivity index (χ4v) is 3.91. The van der Waals surface area contributed by atoms with Gasteiger partial charge in [-0.25, -0.2) is 0 Å². The van der Waals surface area contributed by atoms with E-state index in [1.807, 2.05) is 36.9 Å². The number of carbonyl (C=O) groups is 2. The number of aryl methyl sites for hydroxylation is 2. The number of piperazine rings is 1. The third kappa shape index (κ3) is 3.47. The van der Waals surface area contributed by atoms with Crippen LogP contribution < -0.4 is 10.1 Å². The molecule has 148 valence electrons. The first-order chi connectivity index (χ1) is 13.4. The molecule has 0 spiro atoms. The summed E-state index contributed by atoms with van der Waals surface area (Å²) in [6.45, 7) is 7.86. The van der Waals surface area contributed by atoms with Crippen molar-refractivity contribution < 1.29 is 18.8 Å². The second kappa shape index (κ2) is 7.27. The van der Waals surface area contributed by atoms with Gasteiger partial charge in [0.05, 0.1) is 24.0 Å². The molecule has 2 aliphatic heterocycles. The lowest BCUT2D eigenvalue weighted by Crippen LogP contribution is -2.57. The molecule has 1 saturated heterocycles. The van der Waals surface area contributed by atoms with Gasteiger partial charge in [0, 0.05) is 32.1 Å². The van der Waals surface area contributed by atoms with E-state index in [1.165, 1.54) is 0 Å². The Morgan fingerprint density at radius 1 is 1.29 bits per heavy atom. The number of aromatic nitrogens is 1. The number of amides is 2. The van der Waals surface area contributed by atoms with Gasteiger partial charge in [0.25, 0.3) is 0 Å². The third-order valence-corrected chi connectivity index (χ3v) is 5.40. The zero-order valence-corrected chi connectivity index (χ0v) is 16.3. The number of ether oxygens (including phenoxy) is 1. The summed E-state index contributed by atoms with van der Waals surface area (Å²) in [5, 5.41) is 6.98. The van der Waals surface area contributed by atoms with Crippen LogP contribution in [0.4, 0.5) is 5.69 Å². The summed E-state index contributed by atoms with van der Waals surface area (Å²) >= 11 is 0. The highest BCUT2D eigenvalue weighted by Crippen LogP contribution is 2.34. The van der Waals surface area contributed by atoms with E-state index in [1.54, 1.807) is 6.92 Å². The molecule has 8 heteroatoms. The Balaban J connectivity index is 1.63. The van der Waals surface area contributed by atoms with Crippen LogP contribution in [0.5, 0.6) is 5.75 Å². The molecule has 0 aliphatic carbocycles. The minimum atomic E-state index is -0.0936. The number of hydrogen-bond donors (Lipinski definition) is 1. The van der Waals surface area contributed by atoms with Crippen molar-refractivity contribution >= 4 is 17.5 Å². The number of anilines is 1. The van der Waals surface area contributed by atoms with Crippen LogP contribution in [0, 0.1) is 13.8 Å². The zero-order chi connectivity index (χ0) is 19.8. The van der Waals surface area contributed by atoms with Gasteiger partial charge in [0.2, 0.25) is 11.8 Å². The number of hydrogen-bond acceptors (Lipinski definition) is 6. The lowest BCUT2D eigenvalue weighted by molar-refractivity contribution is -0.132. The van der Waals surface area contributed by atoms with Crippen molar-refractivity contribution in [1.29, 1.82) is 0 Å². The Labute approximate surface area is 163 Å². The molecule has 0 bridgehead atoms. The number of carbonyl (C=O) groups excluding carboxylic acids is 2. The first-order valence-corrected chi connectivity index (χ1v) is 9.42. The molecular weight excluding hydrogens is 360 g/mol. The van der Waals surface area contributed by atoms with Crippen LogP contribution in [0.1, 0.15) is 18.4 Å². The number of nitrogens with zero attached hydrogens (tertiary/aromatic N) is 3. The van der Waals surface area contributed by atoms with Gasteiger partial charge >= 0.3 is 0 Å². The second-order valence-electron chi connectivity index (χ2n) is 7.36. The van der Waals surface area contributed by atoms with E-state index in [-0.39, 0.29) is 24.4 Å². The molecular formula is C20H24N4O4. The van der Waals surface area contributed by atoms with E-state index < -0.39 is 0 Å². The Hall–Kier alpha value is -2.87. The minimum Gasteiger partial charge on any atom is -0.490 e. The molecule has 0 saturated carbocycles. The molecule has 2 amide bonds. The molecule has 0 radical (unpaired) electrons. The fourth-order valence-electron chi connectivity index (χ4n) is 3.91.